The molecule has 0 radical (unpaired) electrons. The molecule has 6 nitrogen and oxygen atoms in total. The van der Waals surface area contributed by atoms with Crippen LogP contribution in [0.4, 0.5) is 0 Å². The minimum atomic E-state index is -0.959. The molecule has 0 heterocycles. The molecule has 10 rings (SSSR count). The monoisotopic (exact) mass is 504 g/mol. The van der Waals surface area contributed by atoms with Crippen LogP contribution in [0.5, 0.6) is 11.5 Å². The molecule has 0 unspecified atom stereocenters. The molecule has 0 fully saturated rings. The Labute approximate surface area is 219 Å². The Balaban J connectivity index is 1.63. The Morgan fingerprint density at radius 1 is 0.500 bits per heavy atom. The summed E-state index contributed by atoms with van der Waals surface area (Å²) in [7, 11) is 3.30. The number of carboxylic acids is 2. The molecule has 4 bridgehead atoms. The molecule has 0 amide bonds. The number of carboxylic acid groups (broad SMARTS) is 2. The number of hydrogen-bond acceptors (Lipinski definition) is 4. The van der Waals surface area contributed by atoms with Crippen LogP contribution < -0.4 is 9.47 Å². The van der Waals surface area contributed by atoms with E-state index in [1.54, 1.807) is 26.4 Å². The highest BCUT2D eigenvalue weighted by Gasteiger charge is 2.50. The van der Waals surface area contributed by atoms with Crippen molar-refractivity contribution in [3.63, 3.8) is 0 Å². The molecule has 6 heteroatoms. The average Bonchev–Trinajstić information content (AvgIpc) is 2.92. The van der Waals surface area contributed by atoms with Crippen molar-refractivity contribution in [2.24, 2.45) is 0 Å². The molecule has 188 valence electrons. The molecule has 0 aromatic heterocycles. The number of hydrogen-bond donors (Lipinski definition) is 2. The highest BCUT2D eigenvalue weighted by atomic mass is 16.5. The second-order valence-corrected chi connectivity index (χ2v) is 10.2. The largest absolute Gasteiger partial charge is 0.497 e. The maximum absolute atomic E-state index is 12.0. The molecule has 4 atom stereocenters. The van der Waals surface area contributed by atoms with Crippen molar-refractivity contribution in [1.29, 1.82) is 0 Å². The van der Waals surface area contributed by atoms with Crippen LogP contribution in [-0.4, -0.2) is 36.4 Å². The lowest BCUT2D eigenvalue weighted by Crippen LogP contribution is -2.36. The molecule has 0 spiro atoms. The maximum atomic E-state index is 12.0. The first kappa shape index (κ1) is 22.6. The third kappa shape index (κ3) is 2.94. The molecule has 6 aliphatic rings. The van der Waals surface area contributed by atoms with E-state index in [1.165, 1.54) is 0 Å². The summed E-state index contributed by atoms with van der Waals surface area (Å²) in [5.74, 6) is -1.09. The van der Waals surface area contributed by atoms with Gasteiger partial charge in [-0.3, -0.25) is 0 Å². The van der Waals surface area contributed by atoms with Gasteiger partial charge in [0.1, 0.15) is 11.5 Å². The van der Waals surface area contributed by atoms with E-state index in [4.69, 9.17) is 9.47 Å². The summed E-state index contributed by atoms with van der Waals surface area (Å²) in [5.41, 5.74) is 9.21. The molecular formula is C32H24O6. The fraction of sp³-hybridized carbons (Fsp3) is 0.188. The van der Waals surface area contributed by atoms with Gasteiger partial charge in [0.25, 0.3) is 0 Å². The third-order valence-electron chi connectivity index (χ3n) is 8.60. The van der Waals surface area contributed by atoms with Gasteiger partial charge >= 0.3 is 11.9 Å². The Morgan fingerprint density at radius 3 is 1.13 bits per heavy atom. The van der Waals surface area contributed by atoms with Crippen molar-refractivity contribution in [1.82, 2.24) is 0 Å². The summed E-state index contributed by atoms with van der Waals surface area (Å²) in [6.45, 7) is 0. The minimum Gasteiger partial charge on any atom is -0.497 e. The molecule has 0 saturated heterocycles. The van der Waals surface area contributed by atoms with Crippen LogP contribution in [0.3, 0.4) is 0 Å². The lowest BCUT2D eigenvalue weighted by Gasteiger charge is -2.50. The summed E-state index contributed by atoms with van der Waals surface area (Å²) >= 11 is 0. The van der Waals surface area contributed by atoms with Gasteiger partial charge in [0, 0.05) is 23.7 Å². The first-order chi connectivity index (χ1) is 18.4. The van der Waals surface area contributed by atoms with Crippen molar-refractivity contribution in [3.8, 4) is 11.5 Å². The third-order valence-corrected chi connectivity index (χ3v) is 8.60. The normalized spacial score (nSPS) is 21.3. The Hall–Kier alpha value is -4.58. The number of methoxy groups -OCH3 is 2. The second kappa shape index (κ2) is 7.96. The Bertz CT molecular complexity index is 1560. The average molecular weight is 505 g/mol. The summed E-state index contributed by atoms with van der Waals surface area (Å²) < 4.78 is 11.3. The Kier molecular flexibility index (Phi) is 4.73. The van der Waals surface area contributed by atoms with Gasteiger partial charge in [0.15, 0.2) is 0 Å². The maximum Gasteiger partial charge on any atom is 0.335 e. The number of benzene rings is 4. The second-order valence-electron chi connectivity index (χ2n) is 10.2. The predicted molar refractivity (Wildman–Crippen MR) is 140 cm³/mol. The van der Waals surface area contributed by atoms with Crippen LogP contribution >= 0.6 is 0 Å². The first-order valence-electron chi connectivity index (χ1n) is 12.5. The van der Waals surface area contributed by atoms with Gasteiger partial charge < -0.3 is 19.7 Å². The van der Waals surface area contributed by atoms with E-state index in [1.807, 2.05) is 36.4 Å². The van der Waals surface area contributed by atoms with E-state index in [0.717, 1.165) is 56.0 Å². The molecule has 0 saturated carbocycles. The number of rotatable bonds is 4. The fourth-order valence-corrected chi connectivity index (χ4v) is 7.09. The summed E-state index contributed by atoms with van der Waals surface area (Å²) in [5, 5.41) is 19.7. The van der Waals surface area contributed by atoms with Crippen molar-refractivity contribution >= 4 is 11.9 Å². The molecule has 4 aromatic rings. The van der Waals surface area contributed by atoms with E-state index >= 15 is 0 Å². The quantitative estimate of drug-likeness (QED) is 0.356. The standard InChI is InChI=1S/C32H24O6/c1-37-17-5-9-21-25(13-17)29-19-7-3-15(31(33)34)11-23(19)27(21)30-20-8-4-16(32(35)36)12-24(20)28(29)22-10-6-18(38-2)14-26(22)30/h3-14,27-30H,1-2H3,(H,33,34)(H,35,36)/t27-,28-,29-,30+/m1/s1. The highest BCUT2D eigenvalue weighted by molar-refractivity contribution is 5.89. The zero-order chi connectivity index (χ0) is 26.3. The smallest absolute Gasteiger partial charge is 0.335 e. The number of ether oxygens (including phenoxy) is 2. The highest BCUT2D eigenvalue weighted by Crippen LogP contribution is 2.64. The van der Waals surface area contributed by atoms with E-state index < -0.39 is 11.9 Å². The molecular weight excluding hydrogens is 480 g/mol. The van der Waals surface area contributed by atoms with Gasteiger partial charge in [0.2, 0.25) is 0 Å². The summed E-state index contributed by atoms with van der Waals surface area (Å²) in [6, 6.07) is 23.2. The van der Waals surface area contributed by atoms with Crippen LogP contribution in [0.1, 0.15) is 88.9 Å². The van der Waals surface area contributed by atoms with E-state index in [0.29, 0.717) is 0 Å². The zero-order valence-electron chi connectivity index (χ0n) is 20.8. The lowest BCUT2D eigenvalue weighted by molar-refractivity contribution is 0.0686. The van der Waals surface area contributed by atoms with Crippen LogP contribution in [0.25, 0.3) is 0 Å². The van der Waals surface area contributed by atoms with Crippen molar-refractivity contribution in [2.45, 2.75) is 23.7 Å². The number of aromatic carboxylic acids is 2. The van der Waals surface area contributed by atoms with Crippen molar-refractivity contribution < 1.29 is 29.3 Å². The molecule has 2 N–H and O–H groups in total. The fourth-order valence-electron chi connectivity index (χ4n) is 7.09. The van der Waals surface area contributed by atoms with Crippen molar-refractivity contribution in [2.75, 3.05) is 14.2 Å². The van der Waals surface area contributed by atoms with Crippen molar-refractivity contribution in [3.05, 3.63) is 128 Å². The summed E-state index contributed by atoms with van der Waals surface area (Å²) in [6.07, 6.45) is 0. The van der Waals surface area contributed by atoms with Gasteiger partial charge in [0.05, 0.1) is 25.3 Å². The minimum absolute atomic E-state index is 0.162. The SMILES string of the molecule is COc1ccc2c(c1)[C@H]1c3ccc(C(=O)O)cc3[C@@H]2[C@H]2c3ccc(C(=O)O)cc3[C@H]1c1ccc(OC)cc12. The van der Waals surface area contributed by atoms with Gasteiger partial charge in [-0.25, -0.2) is 9.59 Å². The van der Waals surface area contributed by atoms with Crippen LogP contribution in [0.2, 0.25) is 0 Å². The first-order valence-corrected chi connectivity index (χ1v) is 12.5. The van der Waals surface area contributed by atoms with Gasteiger partial charge in [-0.1, -0.05) is 24.3 Å². The zero-order valence-corrected chi connectivity index (χ0v) is 20.8. The van der Waals surface area contributed by atoms with Gasteiger partial charge in [-0.15, -0.1) is 0 Å². The molecule has 6 aliphatic carbocycles. The van der Waals surface area contributed by atoms with Gasteiger partial charge in [-0.05, 0) is 93.0 Å². The number of carbonyl (C=O) groups is 2. The van der Waals surface area contributed by atoms with E-state index in [9.17, 15) is 19.8 Å². The molecule has 0 aliphatic heterocycles. The Morgan fingerprint density at radius 2 is 0.816 bits per heavy atom. The topological polar surface area (TPSA) is 93.1 Å². The summed E-state index contributed by atoms with van der Waals surface area (Å²) in [4.78, 5) is 24.1. The lowest BCUT2D eigenvalue weighted by atomic mass is 9.53. The molecule has 38 heavy (non-hydrogen) atoms. The van der Waals surface area contributed by atoms with Crippen LogP contribution in [0, 0.1) is 0 Å². The van der Waals surface area contributed by atoms with Crippen LogP contribution in [0.15, 0.2) is 72.8 Å². The van der Waals surface area contributed by atoms with Gasteiger partial charge in [-0.2, -0.15) is 0 Å². The predicted octanol–water partition coefficient (Wildman–Crippen LogP) is 5.97. The van der Waals surface area contributed by atoms with E-state index in [-0.39, 0.29) is 34.8 Å². The van der Waals surface area contributed by atoms with E-state index in [2.05, 4.69) is 24.3 Å². The molecule has 4 aromatic carbocycles. The van der Waals surface area contributed by atoms with Crippen LogP contribution in [-0.2, 0) is 0 Å².